The van der Waals surface area contributed by atoms with Crippen molar-refractivity contribution in [2.45, 2.75) is 32.6 Å². The Bertz CT molecular complexity index is 440. The number of halogens is 2. The van der Waals surface area contributed by atoms with Crippen LogP contribution in [0.1, 0.15) is 47.2 Å². The quantitative estimate of drug-likeness (QED) is 0.656. The summed E-state index contributed by atoms with van der Waals surface area (Å²) in [6, 6.07) is 1.31. The van der Waals surface area contributed by atoms with Gasteiger partial charge in [0.15, 0.2) is 5.78 Å². The molecule has 0 saturated carbocycles. The van der Waals surface area contributed by atoms with Crippen molar-refractivity contribution in [1.29, 1.82) is 0 Å². The highest BCUT2D eigenvalue weighted by Gasteiger charge is 2.28. The molecule has 1 aromatic carbocycles. The Labute approximate surface area is 93.2 Å². The molecule has 0 aliphatic heterocycles. The summed E-state index contributed by atoms with van der Waals surface area (Å²) < 4.78 is 13.4. The summed E-state index contributed by atoms with van der Waals surface area (Å²) in [6.45, 7) is 3.66. The molecular weight excluding hydrogens is 215 g/mol. The Morgan fingerprint density at radius 3 is 2.87 bits per heavy atom. The molecular formula is C12H12ClFO. The molecule has 1 aliphatic rings. The number of carbonyl (C=O) groups excluding carboxylic acids is 1. The number of hydrogen-bond acceptors (Lipinski definition) is 1. The zero-order valence-corrected chi connectivity index (χ0v) is 9.49. The van der Waals surface area contributed by atoms with Crippen LogP contribution in [0, 0.1) is 12.7 Å². The Morgan fingerprint density at radius 1 is 1.53 bits per heavy atom. The van der Waals surface area contributed by atoms with Gasteiger partial charge in [0.2, 0.25) is 0 Å². The molecule has 1 aliphatic carbocycles. The first-order valence-electron chi connectivity index (χ1n) is 5.04. The van der Waals surface area contributed by atoms with E-state index < -0.39 is 0 Å². The van der Waals surface area contributed by atoms with E-state index >= 15 is 0 Å². The molecule has 0 aromatic heterocycles. The number of ketones is 1. The maximum atomic E-state index is 13.4. The molecule has 1 nitrogen and oxygen atoms in total. The summed E-state index contributed by atoms with van der Waals surface area (Å²) in [5.74, 6) is -0.132. The molecule has 2 rings (SSSR count). The van der Waals surface area contributed by atoms with Crippen LogP contribution >= 0.6 is 11.6 Å². The first kappa shape index (κ1) is 10.6. The minimum Gasteiger partial charge on any atom is -0.294 e. The molecule has 1 aromatic rings. The van der Waals surface area contributed by atoms with Gasteiger partial charge in [-0.2, -0.15) is 0 Å². The number of rotatable bonds is 0. The van der Waals surface area contributed by atoms with Crippen LogP contribution < -0.4 is 0 Å². The van der Waals surface area contributed by atoms with Gasteiger partial charge >= 0.3 is 0 Å². The van der Waals surface area contributed by atoms with E-state index in [1.54, 1.807) is 6.92 Å². The molecule has 0 bridgehead atoms. The Hall–Kier alpha value is -0.890. The summed E-state index contributed by atoms with van der Waals surface area (Å²) in [7, 11) is 0. The molecule has 0 spiro atoms. The largest absolute Gasteiger partial charge is 0.294 e. The molecule has 1 atom stereocenters. The van der Waals surface area contributed by atoms with Gasteiger partial charge in [-0.05, 0) is 36.5 Å². The maximum absolute atomic E-state index is 13.4. The fourth-order valence-electron chi connectivity index (χ4n) is 2.20. The molecule has 0 amide bonds. The van der Waals surface area contributed by atoms with Gasteiger partial charge in [0.25, 0.3) is 0 Å². The lowest BCUT2D eigenvalue weighted by Crippen LogP contribution is -2.17. The second-order valence-corrected chi connectivity index (χ2v) is 4.52. The standard InChI is InChI=1S/C12H12ClFO/c1-6-3-4-10(15)12-7(2)9(14)5-8(13)11(6)12/h5-6H,3-4H2,1-2H3. The maximum Gasteiger partial charge on any atom is 0.163 e. The fraction of sp³-hybridized carbons (Fsp3) is 0.417. The average molecular weight is 227 g/mol. The molecule has 1 unspecified atom stereocenters. The van der Waals surface area contributed by atoms with E-state index in [0.29, 0.717) is 22.6 Å². The van der Waals surface area contributed by atoms with Crippen molar-refractivity contribution in [2.24, 2.45) is 0 Å². The third-order valence-electron chi connectivity index (χ3n) is 3.09. The number of carbonyl (C=O) groups is 1. The number of hydrogen-bond donors (Lipinski definition) is 0. The Balaban J connectivity index is 2.76. The first-order chi connectivity index (χ1) is 7.02. The van der Waals surface area contributed by atoms with Gasteiger partial charge in [-0.3, -0.25) is 4.79 Å². The zero-order chi connectivity index (χ0) is 11.2. The summed E-state index contributed by atoms with van der Waals surface area (Å²) in [5.41, 5.74) is 1.77. The van der Waals surface area contributed by atoms with Crippen LogP contribution in [0.3, 0.4) is 0 Å². The average Bonchev–Trinajstić information content (AvgIpc) is 2.18. The van der Waals surface area contributed by atoms with E-state index in [2.05, 4.69) is 0 Å². The van der Waals surface area contributed by atoms with Crippen molar-refractivity contribution < 1.29 is 9.18 Å². The van der Waals surface area contributed by atoms with Crippen molar-refractivity contribution in [3.63, 3.8) is 0 Å². The van der Waals surface area contributed by atoms with Crippen molar-refractivity contribution in [1.82, 2.24) is 0 Å². The van der Waals surface area contributed by atoms with Gasteiger partial charge in [-0.25, -0.2) is 4.39 Å². The van der Waals surface area contributed by atoms with Gasteiger partial charge in [0.1, 0.15) is 5.82 Å². The topological polar surface area (TPSA) is 17.1 Å². The van der Waals surface area contributed by atoms with Gasteiger partial charge in [0.05, 0.1) is 0 Å². The molecule has 0 N–H and O–H groups in total. The highest BCUT2D eigenvalue weighted by Crippen LogP contribution is 2.38. The van der Waals surface area contributed by atoms with E-state index in [1.165, 1.54) is 6.07 Å². The minimum atomic E-state index is -0.388. The number of Topliss-reactive ketones (excluding diaryl/α,β-unsaturated/α-hetero) is 1. The van der Waals surface area contributed by atoms with Crippen LogP contribution in [0.2, 0.25) is 5.02 Å². The molecule has 0 saturated heterocycles. The molecule has 0 heterocycles. The van der Waals surface area contributed by atoms with E-state index in [4.69, 9.17) is 11.6 Å². The van der Waals surface area contributed by atoms with Crippen LogP contribution in [0.5, 0.6) is 0 Å². The number of fused-ring (bicyclic) bond motifs is 1. The second kappa shape index (κ2) is 3.60. The summed E-state index contributed by atoms with van der Waals surface area (Å²) >= 11 is 5.99. The Kier molecular flexibility index (Phi) is 2.55. The molecule has 15 heavy (non-hydrogen) atoms. The highest BCUT2D eigenvalue weighted by atomic mass is 35.5. The summed E-state index contributed by atoms with van der Waals surface area (Å²) in [6.07, 6.45) is 1.30. The van der Waals surface area contributed by atoms with Crippen molar-refractivity contribution in [3.05, 3.63) is 33.6 Å². The highest BCUT2D eigenvalue weighted by molar-refractivity contribution is 6.32. The summed E-state index contributed by atoms with van der Waals surface area (Å²) in [4.78, 5) is 11.7. The van der Waals surface area contributed by atoms with Crippen LogP contribution in [0.25, 0.3) is 0 Å². The fourth-order valence-corrected chi connectivity index (χ4v) is 2.57. The molecule has 80 valence electrons. The number of benzene rings is 1. The molecule has 0 fully saturated rings. The van der Waals surface area contributed by atoms with Crippen LogP contribution in [0.4, 0.5) is 4.39 Å². The molecule has 3 heteroatoms. The lowest BCUT2D eigenvalue weighted by molar-refractivity contribution is 0.0966. The van der Waals surface area contributed by atoms with E-state index in [1.807, 2.05) is 6.92 Å². The van der Waals surface area contributed by atoms with Crippen molar-refractivity contribution in [2.75, 3.05) is 0 Å². The van der Waals surface area contributed by atoms with Gasteiger partial charge in [-0.1, -0.05) is 18.5 Å². The monoisotopic (exact) mass is 226 g/mol. The van der Waals surface area contributed by atoms with Crippen LogP contribution in [-0.2, 0) is 0 Å². The third kappa shape index (κ3) is 1.57. The predicted molar refractivity (Wildman–Crippen MR) is 58.1 cm³/mol. The lowest BCUT2D eigenvalue weighted by atomic mass is 9.81. The van der Waals surface area contributed by atoms with Gasteiger partial charge < -0.3 is 0 Å². The lowest BCUT2D eigenvalue weighted by Gasteiger charge is -2.24. The predicted octanol–water partition coefficient (Wildman–Crippen LogP) is 3.87. The van der Waals surface area contributed by atoms with Crippen LogP contribution in [-0.4, -0.2) is 5.78 Å². The van der Waals surface area contributed by atoms with Crippen molar-refractivity contribution in [3.8, 4) is 0 Å². The zero-order valence-electron chi connectivity index (χ0n) is 8.73. The Morgan fingerprint density at radius 2 is 2.20 bits per heavy atom. The second-order valence-electron chi connectivity index (χ2n) is 4.12. The van der Waals surface area contributed by atoms with E-state index in [9.17, 15) is 9.18 Å². The van der Waals surface area contributed by atoms with Gasteiger partial charge in [0, 0.05) is 17.0 Å². The normalized spacial score (nSPS) is 20.3. The van der Waals surface area contributed by atoms with Crippen LogP contribution in [0.15, 0.2) is 6.07 Å². The van der Waals surface area contributed by atoms with Gasteiger partial charge in [-0.15, -0.1) is 0 Å². The smallest absolute Gasteiger partial charge is 0.163 e. The van der Waals surface area contributed by atoms with Crippen molar-refractivity contribution >= 4 is 17.4 Å². The summed E-state index contributed by atoms with van der Waals surface area (Å²) in [5, 5.41) is 0.383. The minimum absolute atomic E-state index is 0.0157. The SMILES string of the molecule is Cc1c(F)cc(Cl)c2c1C(=O)CCC2C. The van der Waals surface area contributed by atoms with E-state index in [0.717, 1.165) is 12.0 Å². The molecule has 0 radical (unpaired) electrons. The van der Waals surface area contributed by atoms with E-state index in [-0.39, 0.29) is 17.5 Å². The third-order valence-corrected chi connectivity index (χ3v) is 3.40. The first-order valence-corrected chi connectivity index (χ1v) is 5.42.